The molecule has 0 aromatic heterocycles. The smallest absolute Gasteiger partial charge is 0.154 e. The van der Waals surface area contributed by atoms with Crippen molar-refractivity contribution in [3.63, 3.8) is 0 Å². The fourth-order valence-electron chi connectivity index (χ4n) is 0.882. The zero-order valence-corrected chi connectivity index (χ0v) is 7.61. The van der Waals surface area contributed by atoms with Crippen LogP contribution >= 0.6 is 0 Å². The topological polar surface area (TPSA) is 29.1 Å². The minimum Gasteiger partial charge on any atom is -0.391 e. The summed E-state index contributed by atoms with van der Waals surface area (Å²) in [6.07, 6.45) is 4.94. The molecule has 0 aliphatic heterocycles. The van der Waals surface area contributed by atoms with Crippen molar-refractivity contribution in [1.29, 1.82) is 0 Å². The summed E-state index contributed by atoms with van der Waals surface area (Å²) in [6.45, 7) is 3.71. The molecule has 0 aliphatic rings. The van der Waals surface area contributed by atoms with Crippen molar-refractivity contribution in [2.45, 2.75) is 33.1 Å². The predicted octanol–water partition coefficient (Wildman–Crippen LogP) is 1.87. The van der Waals surface area contributed by atoms with Gasteiger partial charge in [0.15, 0.2) is 5.78 Å². The van der Waals surface area contributed by atoms with Crippen LogP contribution in [0.1, 0.15) is 33.1 Å². The first kappa shape index (κ1) is 10.2. The molecule has 0 heterocycles. The molecule has 0 saturated carbocycles. The highest BCUT2D eigenvalue weighted by Crippen LogP contribution is 2.02. The molecule has 0 aromatic carbocycles. The van der Waals surface area contributed by atoms with Crippen LogP contribution in [0.4, 0.5) is 0 Å². The summed E-state index contributed by atoms with van der Waals surface area (Å²) in [5.74, 6) is 0.116. The number of carbonyl (C=O) groups excluding carboxylic acids is 1. The molecule has 0 unspecified atom stereocenters. The molecule has 0 radical (unpaired) electrons. The van der Waals surface area contributed by atoms with E-state index in [0.717, 1.165) is 25.0 Å². The fraction of sp³-hybridized carbons (Fsp3) is 0.667. The van der Waals surface area contributed by atoms with E-state index in [1.165, 1.54) is 0 Å². The summed E-state index contributed by atoms with van der Waals surface area (Å²) < 4.78 is 0. The first-order valence-electron chi connectivity index (χ1n) is 4.09. The van der Waals surface area contributed by atoms with Gasteiger partial charge in [0.2, 0.25) is 0 Å². The number of allylic oxidation sites excluding steroid dienone is 2. The number of nitrogens with one attached hydrogen (secondary N) is 1. The minimum atomic E-state index is 0.116. The van der Waals surface area contributed by atoms with Crippen molar-refractivity contribution in [3.05, 3.63) is 11.8 Å². The van der Waals surface area contributed by atoms with Crippen molar-refractivity contribution < 1.29 is 4.79 Å². The molecular weight excluding hydrogens is 138 g/mol. The van der Waals surface area contributed by atoms with Crippen LogP contribution in [-0.2, 0) is 4.79 Å². The van der Waals surface area contributed by atoms with Gasteiger partial charge in [-0.3, -0.25) is 4.79 Å². The van der Waals surface area contributed by atoms with Crippen LogP contribution in [0.3, 0.4) is 0 Å². The number of hydrogen-bond acceptors (Lipinski definition) is 2. The lowest BCUT2D eigenvalue weighted by Crippen LogP contribution is -2.07. The lowest BCUT2D eigenvalue weighted by molar-refractivity contribution is -0.112. The van der Waals surface area contributed by atoms with Crippen LogP contribution in [0, 0.1) is 0 Å². The second kappa shape index (κ2) is 5.96. The molecule has 1 N–H and O–H groups in total. The van der Waals surface area contributed by atoms with E-state index in [2.05, 4.69) is 12.2 Å². The van der Waals surface area contributed by atoms with Gasteiger partial charge in [0.05, 0.1) is 0 Å². The fourth-order valence-corrected chi connectivity index (χ4v) is 0.882. The third kappa shape index (κ3) is 5.64. The third-order valence-electron chi connectivity index (χ3n) is 1.50. The molecule has 2 nitrogen and oxygen atoms in total. The maximum Gasteiger partial charge on any atom is 0.154 e. The molecule has 0 amide bonds. The van der Waals surface area contributed by atoms with E-state index in [1.54, 1.807) is 13.0 Å². The Morgan fingerprint density at radius 3 is 2.55 bits per heavy atom. The second-order valence-corrected chi connectivity index (χ2v) is 2.63. The molecule has 0 aliphatic carbocycles. The highest BCUT2D eigenvalue weighted by molar-refractivity contribution is 5.87. The molecule has 0 atom stereocenters. The molecular formula is C9H17NO. The van der Waals surface area contributed by atoms with E-state index < -0.39 is 0 Å². The average molecular weight is 155 g/mol. The van der Waals surface area contributed by atoms with Gasteiger partial charge < -0.3 is 5.32 Å². The summed E-state index contributed by atoms with van der Waals surface area (Å²) in [5.41, 5.74) is 1.04. The molecule has 0 bridgehead atoms. The SMILES string of the molecule is CCCC/C(=C/C(C)=O)NC. The van der Waals surface area contributed by atoms with Crippen molar-refractivity contribution in [2.24, 2.45) is 0 Å². The molecule has 0 rings (SSSR count). The van der Waals surface area contributed by atoms with Gasteiger partial charge in [-0.2, -0.15) is 0 Å². The largest absolute Gasteiger partial charge is 0.391 e. The first-order valence-corrected chi connectivity index (χ1v) is 4.09. The number of rotatable bonds is 5. The van der Waals surface area contributed by atoms with Crippen molar-refractivity contribution in [3.8, 4) is 0 Å². The van der Waals surface area contributed by atoms with Crippen LogP contribution < -0.4 is 5.32 Å². The van der Waals surface area contributed by atoms with E-state index >= 15 is 0 Å². The Morgan fingerprint density at radius 1 is 1.55 bits per heavy atom. The predicted molar refractivity (Wildman–Crippen MR) is 47.3 cm³/mol. The summed E-state index contributed by atoms with van der Waals surface area (Å²) in [7, 11) is 1.85. The summed E-state index contributed by atoms with van der Waals surface area (Å²) >= 11 is 0. The summed E-state index contributed by atoms with van der Waals surface area (Å²) in [6, 6.07) is 0. The van der Waals surface area contributed by atoms with Gasteiger partial charge in [-0.15, -0.1) is 0 Å². The first-order chi connectivity index (χ1) is 5.20. The standard InChI is InChI=1S/C9H17NO/c1-4-5-6-9(10-3)7-8(2)11/h7,10H,4-6H2,1-3H3/b9-7-. The third-order valence-corrected chi connectivity index (χ3v) is 1.50. The van der Waals surface area contributed by atoms with Crippen molar-refractivity contribution >= 4 is 5.78 Å². The second-order valence-electron chi connectivity index (χ2n) is 2.63. The molecule has 64 valence electrons. The lowest BCUT2D eigenvalue weighted by atomic mass is 10.2. The molecule has 2 heteroatoms. The van der Waals surface area contributed by atoms with E-state index in [-0.39, 0.29) is 5.78 Å². The lowest BCUT2D eigenvalue weighted by Gasteiger charge is -2.03. The normalized spacial score (nSPS) is 11.4. The van der Waals surface area contributed by atoms with Gasteiger partial charge >= 0.3 is 0 Å². The van der Waals surface area contributed by atoms with Crippen LogP contribution in [0.25, 0.3) is 0 Å². The Kier molecular flexibility index (Phi) is 5.53. The van der Waals surface area contributed by atoms with Gasteiger partial charge in [0.25, 0.3) is 0 Å². The van der Waals surface area contributed by atoms with E-state index in [9.17, 15) is 4.79 Å². The van der Waals surface area contributed by atoms with Gasteiger partial charge in [-0.1, -0.05) is 13.3 Å². The quantitative estimate of drug-likeness (QED) is 0.614. The Balaban J connectivity index is 3.84. The van der Waals surface area contributed by atoms with Crippen LogP contribution in [0.15, 0.2) is 11.8 Å². The maximum absolute atomic E-state index is 10.7. The van der Waals surface area contributed by atoms with E-state index in [0.29, 0.717) is 0 Å². The number of ketones is 1. The molecule has 11 heavy (non-hydrogen) atoms. The maximum atomic E-state index is 10.7. The zero-order chi connectivity index (χ0) is 8.69. The Hall–Kier alpha value is -0.790. The average Bonchev–Trinajstić information content (AvgIpc) is 1.97. The molecule has 0 spiro atoms. The molecule has 0 fully saturated rings. The van der Waals surface area contributed by atoms with Crippen molar-refractivity contribution in [1.82, 2.24) is 5.32 Å². The number of unbranched alkanes of at least 4 members (excludes halogenated alkanes) is 1. The van der Waals surface area contributed by atoms with Crippen LogP contribution in [-0.4, -0.2) is 12.8 Å². The Morgan fingerprint density at radius 2 is 2.18 bits per heavy atom. The van der Waals surface area contributed by atoms with Gasteiger partial charge in [-0.05, 0) is 25.8 Å². The van der Waals surface area contributed by atoms with E-state index in [1.807, 2.05) is 7.05 Å². The Labute approximate surface area is 68.7 Å². The Bertz CT molecular complexity index is 150. The van der Waals surface area contributed by atoms with Gasteiger partial charge in [0.1, 0.15) is 0 Å². The number of carbonyl (C=O) groups is 1. The highest BCUT2D eigenvalue weighted by Gasteiger charge is 1.94. The minimum absolute atomic E-state index is 0.116. The molecule has 0 saturated heterocycles. The van der Waals surface area contributed by atoms with Crippen LogP contribution in [0.2, 0.25) is 0 Å². The monoisotopic (exact) mass is 155 g/mol. The van der Waals surface area contributed by atoms with Crippen LogP contribution in [0.5, 0.6) is 0 Å². The molecule has 0 aromatic rings. The van der Waals surface area contributed by atoms with Crippen molar-refractivity contribution in [2.75, 3.05) is 7.05 Å². The summed E-state index contributed by atoms with van der Waals surface area (Å²) in [5, 5.41) is 3.01. The number of hydrogen-bond donors (Lipinski definition) is 1. The van der Waals surface area contributed by atoms with E-state index in [4.69, 9.17) is 0 Å². The van der Waals surface area contributed by atoms with Gasteiger partial charge in [0, 0.05) is 12.7 Å². The zero-order valence-electron chi connectivity index (χ0n) is 7.61. The van der Waals surface area contributed by atoms with Gasteiger partial charge in [-0.25, -0.2) is 0 Å². The highest BCUT2D eigenvalue weighted by atomic mass is 16.1. The summed E-state index contributed by atoms with van der Waals surface area (Å²) in [4.78, 5) is 10.7.